The van der Waals surface area contributed by atoms with Crippen molar-refractivity contribution in [1.82, 2.24) is 19.7 Å². The molecule has 0 unspecified atom stereocenters. The minimum absolute atomic E-state index is 0.0918. The Balaban J connectivity index is 1.87. The highest BCUT2D eigenvalue weighted by molar-refractivity contribution is 7.89. The van der Waals surface area contributed by atoms with Crippen LogP contribution in [0.1, 0.15) is 5.56 Å². The van der Waals surface area contributed by atoms with Crippen molar-refractivity contribution >= 4 is 21.1 Å². The van der Waals surface area contributed by atoms with E-state index in [1.807, 2.05) is 0 Å². The van der Waals surface area contributed by atoms with Crippen LogP contribution in [0, 0.1) is 0 Å². The van der Waals surface area contributed by atoms with Crippen molar-refractivity contribution in [2.45, 2.75) is 11.4 Å². The fraction of sp³-hybridized carbons (Fsp3) is 0.0769. The zero-order chi connectivity index (χ0) is 14.9. The molecule has 2 aromatic heterocycles. The second kappa shape index (κ2) is 5.15. The summed E-state index contributed by atoms with van der Waals surface area (Å²) in [6.45, 7) is 0.151. The molecule has 0 atom stereocenters. The van der Waals surface area contributed by atoms with Gasteiger partial charge in [0.2, 0.25) is 10.0 Å². The van der Waals surface area contributed by atoms with Gasteiger partial charge in [-0.25, -0.2) is 17.9 Å². The Hall–Kier alpha value is -2.45. The van der Waals surface area contributed by atoms with Crippen molar-refractivity contribution in [3.63, 3.8) is 0 Å². The van der Waals surface area contributed by atoms with Gasteiger partial charge >= 0.3 is 5.69 Å². The molecule has 2 heterocycles. The number of nitrogens with zero attached hydrogens (tertiary/aromatic N) is 1. The summed E-state index contributed by atoms with van der Waals surface area (Å²) in [5.74, 6) is 0. The average molecular weight is 304 g/mol. The molecule has 108 valence electrons. The fourth-order valence-electron chi connectivity index (χ4n) is 1.94. The molecule has 3 N–H and O–H groups in total. The van der Waals surface area contributed by atoms with Gasteiger partial charge in [0.25, 0.3) is 0 Å². The van der Waals surface area contributed by atoms with E-state index < -0.39 is 10.0 Å². The van der Waals surface area contributed by atoms with Crippen LogP contribution in [0.2, 0.25) is 0 Å². The molecule has 0 bridgehead atoms. The Morgan fingerprint density at radius 3 is 2.71 bits per heavy atom. The van der Waals surface area contributed by atoms with Gasteiger partial charge in [-0.15, -0.1) is 0 Å². The van der Waals surface area contributed by atoms with Crippen molar-refractivity contribution in [1.29, 1.82) is 0 Å². The number of hydrogen-bond donors (Lipinski definition) is 3. The van der Waals surface area contributed by atoms with E-state index in [0.717, 1.165) is 5.56 Å². The van der Waals surface area contributed by atoms with Gasteiger partial charge in [0.15, 0.2) is 0 Å². The number of aromatic amines is 2. The monoisotopic (exact) mass is 304 g/mol. The quantitative estimate of drug-likeness (QED) is 0.660. The number of rotatable bonds is 4. The summed E-state index contributed by atoms with van der Waals surface area (Å²) < 4.78 is 26.9. The van der Waals surface area contributed by atoms with E-state index in [0.29, 0.717) is 11.0 Å². The molecule has 1 aromatic carbocycles. The molecular weight excluding hydrogens is 292 g/mol. The predicted molar refractivity (Wildman–Crippen MR) is 77.2 cm³/mol. The number of pyridine rings is 1. The number of fused-ring (bicyclic) bond motifs is 1. The molecule has 0 saturated heterocycles. The summed E-state index contributed by atoms with van der Waals surface area (Å²) in [6.07, 6.45) is 3.21. The number of nitrogens with one attached hydrogen (secondary N) is 3. The third-order valence-corrected chi connectivity index (χ3v) is 4.39. The topological polar surface area (TPSA) is 108 Å². The van der Waals surface area contributed by atoms with Crippen LogP contribution in [0.15, 0.2) is 52.4 Å². The lowest BCUT2D eigenvalue weighted by Crippen LogP contribution is -2.23. The van der Waals surface area contributed by atoms with Gasteiger partial charge in [0.1, 0.15) is 0 Å². The van der Waals surface area contributed by atoms with Gasteiger partial charge < -0.3 is 9.97 Å². The van der Waals surface area contributed by atoms with Crippen LogP contribution in [0.5, 0.6) is 0 Å². The third-order valence-electron chi connectivity index (χ3n) is 2.99. The summed E-state index contributed by atoms with van der Waals surface area (Å²) in [5, 5.41) is 0. The molecule has 3 aromatic rings. The first-order chi connectivity index (χ1) is 10.0. The maximum absolute atomic E-state index is 12.2. The van der Waals surface area contributed by atoms with Crippen LogP contribution in [0.25, 0.3) is 11.0 Å². The van der Waals surface area contributed by atoms with Gasteiger partial charge in [0, 0.05) is 18.9 Å². The first kappa shape index (κ1) is 13.5. The minimum atomic E-state index is -3.65. The smallest absolute Gasteiger partial charge is 0.306 e. The van der Waals surface area contributed by atoms with E-state index in [2.05, 4.69) is 19.7 Å². The Morgan fingerprint density at radius 2 is 1.95 bits per heavy atom. The highest BCUT2D eigenvalue weighted by atomic mass is 32.2. The normalized spacial score (nSPS) is 11.8. The van der Waals surface area contributed by atoms with Gasteiger partial charge in [-0.05, 0) is 29.8 Å². The van der Waals surface area contributed by atoms with E-state index in [1.54, 1.807) is 30.6 Å². The molecule has 3 rings (SSSR count). The number of sulfonamides is 1. The van der Waals surface area contributed by atoms with E-state index in [-0.39, 0.29) is 17.1 Å². The van der Waals surface area contributed by atoms with E-state index >= 15 is 0 Å². The molecule has 0 aliphatic carbocycles. The van der Waals surface area contributed by atoms with Crippen LogP contribution in [0.4, 0.5) is 0 Å². The van der Waals surface area contributed by atoms with Crippen LogP contribution in [-0.4, -0.2) is 23.4 Å². The molecule has 0 amide bonds. The van der Waals surface area contributed by atoms with Crippen molar-refractivity contribution in [3.05, 3.63) is 58.8 Å². The maximum Gasteiger partial charge on any atom is 0.323 e. The predicted octanol–water partition coefficient (Wildman–Crippen LogP) is 0.730. The number of benzene rings is 1. The fourth-order valence-corrected chi connectivity index (χ4v) is 2.99. The highest BCUT2D eigenvalue weighted by Crippen LogP contribution is 2.15. The summed E-state index contributed by atoms with van der Waals surface area (Å²) >= 11 is 0. The molecule has 0 aliphatic heterocycles. The standard InChI is InChI=1S/C13H12N4O3S/c18-13-16-11-4-3-10(6-12(11)17-13)21(19,20)15-8-9-2-1-5-14-7-9/h1-7,15H,8H2,(H2,16,17,18). The average Bonchev–Trinajstić information content (AvgIpc) is 2.85. The summed E-state index contributed by atoms with van der Waals surface area (Å²) in [7, 11) is -3.65. The zero-order valence-electron chi connectivity index (χ0n) is 10.8. The van der Waals surface area contributed by atoms with Crippen molar-refractivity contribution in [2.24, 2.45) is 0 Å². The van der Waals surface area contributed by atoms with E-state index in [4.69, 9.17) is 0 Å². The summed E-state index contributed by atoms with van der Waals surface area (Å²) in [4.78, 5) is 20.3. The second-order valence-electron chi connectivity index (χ2n) is 4.47. The maximum atomic E-state index is 12.2. The van der Waals surface area contributed by atoms with Gasteiger partial charge in [0.05, 0.1) is 15.9 Å². The summed E-state index contributed by atoms with van der Waals surface area (Å²) in [5.41, 5.74) is 1.40. The zero-order valence-corrected chi connectivity index (χ0v) is 11.6. The largest absolute Gasteiger partial charge is 0.323 e. The second-order valence-corrected chi connectivity index (χ2v) is 6.24. The Kier molecular flexibility index (Phi) is 3.32. The molecule has 8 heteroatoms. The van der Waals surface area contributed by atoms with Gasteiger partial charge in [-0.3, -0.25) is 4.98 Å². The number of aromatic nitrogens is 3. The van der Waals surface area contributed by atoms with Crippen LogP contribution in [0.3, 0.4) is 0 Å². The first-order valence-electron chi connectivity index (χ1n) is 6.15. The molecule has 0 aliphatic rings. The lowest BCUT2D eigenvalue weighted by molar-refractivity contribution is 0.581. The molecular formula is C13H12N4O3S. The van der Waals surface area contributed by atoms with Crippen LogP contribution >= 0.6 is 0 Å². The number of hydrogen-bond acceptors (Lipinski definition) is 4. The van der Waals surface area contributed by atoms with Gasteiger partial charge in [-0.2, -0.15) is 0 Å². The SMILES string of the molecule is O=c1[nH]c2ccc(S(=O)(=O)NCc3cccnc3)cc2[nH]1. The van der Waals surface area contributed by atoms with Crippen molar-refractivity contribution < 1.29 is 8.42 Å². The lowest BCUT2D eigenvalue weighted by atomic mass is 10.3. The number of H-pyrrole nitrogens is 2. The van der Waals surface area contributed by atoms with Gasteiger partial charge in [-0.1, -0.05) is 6.07 Å². The Morgan fingerprint density at radius 1 is 1.14 bits per heavy atom. The highest BCUT2D eigenvalue weighted by Gasteiger charge is 2.14. The van der Waals surface area contributed by atoms with Crippen molar-refractivity contribution in [3.8, 4) is 0 Å². The van der Waals surface area contributed by atoms with E-state index in [1.165, 1.54) is 12.1 Å². The first-order valence-corrected chi connectivity index (χ1v) is 7.63. The molecule has 21 heavy (non-hydrogen) atoms. The molecule has 0 spiro atoms. The minimum Gasteiger partial charge on any atom is -0.306 e. The Bertz CT molecular complexity index is 929. The number of imidazole rings is 1. The molecule has 0 radical (unpaired) electrons. The molecule has 7 nitrogen and oxygen atoms in total. The lowest BCUT2D eigenvalue weighted by Gasteiger charge is -2.06. The molecule has 0 saturated carbocycles. The van der Waals surface area contributed by atoms with Crippen LogP contribution < -0.4 is 10.4 Å². The van der Waals surface area contributed by atoms with Crippen LogP contribution in [-0.2, 0) is 16.6 Å². The Labute approximate surface area is 120 Å². The van der Waals surface area contributed by atoms with E-state index in [9.17, 15) is 13.2 Å². The summed E-state index contributed by atoms with van der Waals surface area (Å²) in [6, 6.07) is 7.92. The molecule has 0 fully saturated rings. The van der Waals surface area contributed by atoms with Crippen molar-refractivity contribution in [2.75, 3.05) is 0 Å². The third kappa shape index (κ3) is 2.86.